The summed E-state index contributed by atoms with van der Waals surface area (Å²) in [6, 6.07) is 3.46. The highest BCUT2D eigenvalue weighted by atomic mass is 32.1. The number of aromatic nitrogens is 1. The number of nitrogens with two attached hydrogens (primary N) is 1. The van der Waals surface area contributed by atoms with Gasteiger partial charge in [-0.15, -0.1) is 0 Å². The first kappa shape index (κ1) is 8.31. The van der Waals surface area contributed by atoms with Gasteiger partial charge >= 0.3 is 0 Å². The maximum atomic E-state index is 9.56. The topological polar surface area (TPSA) is 59.1 Å². The first-order chi connectivity index (χ1) is 6.22. The van der Waals surface area contributed by atoms with Gasteiger partial charge in [0.05, 0.1) is 10.2 Å². The van der Waals surface area contributed by atoms with Gasteiger partial charge in [-0.2, -0.15) is 0 Å². The Morgan fingerprint density at radius 3 is 3.00 bits per heavy atom. The molecule has 3 nitrogen and oxygen atoms in total. The van der Waals surface area contributed by atoms with Crippen LogP contribution in [-0.2, 0) is 6.42 Å². The molecule has 0 spiro atoms. The number of phenols is 1. The summed E-state index contributed by atoms with van der Waals surface area (Å²) in [5, 5.41) is 10.1. The van der Waals surface area contributed by atoms with Crippen molar-refractivity contribution in [3.63, 3.8) is 0 Å². The van der Waals surface area contributed by atoms with Crippen LogP contribution in [0.2, 0.25) is 0 Å². The zero-order valence-corrected chi connectivity index (χ0v) is 8.06. The van der Waals surface area contributed by atoms with Crippen molar-refractivity contribution in [3.8, 4) is 5.75 Å². The van der Waals surface area contributed by atoms with Gasteiger partial charge in [-0.05, 0) is 18.6 Å². The number of anilines is 1. The van der Waals surface area contributed by atoms with Crippen LogP contribution in [-0.4, -0.2) is 10.1 Å². The summed E-state index contributed by atoms with van der Waals surface area (Å²) < 4.78 is 1.00. The predicted molar refractivity (Wildman–Crippen MR) is 55.1 cm³/mol. The summed E-state index contributed by atoms with van der Waals surface area (Å²) in [5.41, 5.74) is 7.40. The van der Waals surface area contributed by atoms with E-state index in [1.165, 1.54) is 11.3 Å². The smallest absolute Gasteiger partial charge is 0.181 e. The standard InChI is InChI=1S/C9H10N2OS/c1-2-5-7(12)4-3-6-8(5)13-9(10)11-6/h3-4,12H,2H2,1H3,(H2,10,11). The van der Waals surface area contributed by atoms with Crippen molar-refractivity contribution in [2.24, 2.45) is 0 Å². The Labute approximate surface area is 79.8 Å². The Morgan fingerprint density at radius 2 is 2.31 bits per heavy atom. The summed E-state index contributed by atoms with van der Waals surface area (Å²) in [7, 11) is 0. The van der Waals surface area contributed by atoms with Crippen molar-refractivity contribution < 1.29 is 5.11 Å². The van der Waals surface area contributed by atoms with Gasteiger partial charge in [0, 0.05) is 5.56 Å². The summed E-state index contributed by atoms with van der Waals surface area (Å²) in [6.45, 7) is 2.00. The number of thiazole rings is 1. The molecule has 0 bridgehead atoms. The molecule has 1 aromatic carbocycles. The molecule has 0 amide bonds. The molecule has 0 saturated heterocycles. The first-order valence-corrected chi connectivity index (χ1v) is 4.91. The molecule has 1 aromatic heterocycles. The van der Waals surface area contributed by atoms with Crippen LogP contribution in [0.3, 0.4) is 0 Å². The fourth-order valence-electron chi connectivity index (χ4n) is 1.39. The SMILES string of the molecule is CCc1c(O)ccc2nc(N)sc12. The molecule has 2 rings (SSSR count). The number of fused-ring (bicyclic) bond motifs is 1. The molecule has 0 aliphatic rings. The van der Waals surface area contributed by atoms with Crippen molar-refractivity contribution in [3.05, 3.63) is 17.7 Å². The van der Waals surface area contributed by atoms with Crippen LogP contribution < -0.4 is 5.73 Å². The van der Waals surface area contributed by atoms with Gasteiger partial charge in [-0.25, -0.2) is 4.98 Å². The third-order valence-corrected chi connectivity index (χ3v) is 2.97. The van der Waals surface area contributed by atoms with E-state index >= 15 is 0 Å². The number of rotatable bonds is 1. The van der Waals surface area contributed by atoms with E-state index in [0.717, 1.165) is 22.2 Å². The zero-order chi connectivity index (χ0) is 9.42. The molecule has 3 N–H and O–H groups in total. The van der Waals surface area contributed by atoms with E-state index in [1.807, 2.05) is 6.92 Å². The van der Waals surface area contributed by atoms with E-state index in [4.69, 9.17) is 5.73 Å². The van der Waals surface area contributed by atoms with E-state index < -0.39 is 0 Å². The van der Waals surface area contributed by atoms with Crippen molar-refractivity contribution in [1.29, 1.82) is 0 Å². The van der Waals surface area contributed by atoms with Crippen LogP contribution in [0.1, 0.15) is 12.5 Å². The molecule has 0 aliphatic heterocycles. The number of hydrogen-bond donors (Lipinski definition) is 2. The Kier molecular flexibility index (Phi) is 1.84. The molecule has 13 heavy (non-hydrogen) atoms. The van der Waals surface area contributed by atoms with Crippen LogP contribution in [0.25, 0.3) is 10.2 Å². The fraction of sp³-hybridized carbons (Fsp3) is 0.222. The minimum absolute atomic E-state index is 0.332. The fourth-order valence-corrected chi connectivity index (χ4v) is 2.34. The highest BCUT2D eigenvalue weighted by Crippen LogP contribution is 2.32. The lowest BCUT2D eigenvalue weighted by Crippen LogP contribution is -1.81. The van der Waals surface area contributed by atoms with Crippen LogP contribution in [0.5, 0.6) is 5.75 Å². The molecule has 0 fully saturated rings. The number of aromatic hydroxyl groups is 1. The number of nitrogen functional groups attached to an aromatic ring is 1. The predicted octanol–water partition coefficient (Wildman–Crippen LogP) is 2.15. The van der Waals surface area contributed by atoms with E-state index in [2.05, 4.69) is 4.98 Å². The van der Waals surface area contributed by atoms with E-state index in [1.54, 1.807) is 12.1 Å². The molecule has 0 saturated carbocycles. The minimum atomic E-state index is 0.332. The molecule has 0 atom stereocenters. The lowest BCUT2D eigenvalue weighted by molar-refractivity contribution is 0.470. The summed E-state index contributed by atoms with van der Waals surface area (Å²) in [4.78, 5) is 4.15. The lowest BCUT2D eigenvalue weighted by atomic mass is 10.1. The second-order valence-electron chi connectivity index (χ2n) is 2.82. The van der Waals surface area contributed by atoms with Gasteiger partial charge in [0.1, 0.15) is 5.75 Å². The quantitative estimate of drug-likeness (QED) is 0.731. The summed E-state index contributed by atoms with van der Waals surface area (Å²) in [6.07, 6.45) is 0.796. The van der Waals surface area contributed by atoms with Crippen LogP contribution in [0.4, 0.5) is 5.13 Å². The second-order valence-corrected chi connectivity index (χ2v) is 3.85. The number of benzene rings is 1. The van der Waals surface area contributed by atoms with Gasteiger partial charge in [-0.3, -0.25) is 0 Å². The molecule has 2 aromatic rings. The molecule has 0 radical (unpaired) electrons. The average molecular weight is 194 g/mol. The number of nitrogens with zero attached hydrogens (tertiary/aromatic N) is 1. The Bertz CT molecular complexity index is 450. The van der Waals surface area contributed by atoms with Crippen molar-refractivity contribution in [2.45, 2.75) is 13.3 Å². The normalized spacial score (nSPS) is 10.8. The molecule has 0 unspecified atom stereocenters. The zero-order valence-electron chi connectivity index (χ0n) is 7.24. The van der Waals surface area contributed by atoms with Gasteiger partial charge in [0.25, 0.3) is 0 Å². The summed E-state index contributed by atoms with van der Waals surface area (Å²) in [5.74, 6) is 0.332. The van der Waals surface area contributed by atoms with E-state index in [9.17, 15) is 5.11 Å². The molecular weight excluding hydrogens is 184 g/mol. The van der Waals surface area contributed by atoms with Crippen LogP contribution >= 0.6 is 11.3 Å². The van der Waals surface area contributed by atoms with Gasteiger partial charge in [-0.1, -0.05) is 18.3 Å². The summed E-state index contributed by atoms with van der Waals surface area (Å²) >= 11 is 1.42. The highest BCUT2D eigenvalue weighted by Gasteiger charge is 2.08. The number of hydrogen-bond acceptors (Lipinski definition) is 4. The highest BCUT2D eigenvalue weighted by molar-refractivity contribution is 7.22. The maximum absolute atomic E-state index is 9.56. The third kappa shape index (κ3) is 1.23. The third-order valence-electron chi connectivity index (χ3n) is 2.01. The minimum Gasteiger partial charge on any atom is -0.508 e. The first-order valence-electron chi connectivity index (χ1n) is 4.09. The van der Waals surface area contributed by atoms with Crippen LogP contribution in [0.15, 0.2) is 12.1 Å². The Balaban J connectivity index is 2.82. The monoisotopic (exact) mass is 194 g/mol. The molecule has 0 aliphatic carbocycles. The molecule has 1 heterocycles. The lowest BCUT2D eigenvalue weighted by Gasteiger charge is -2.00. The van der Waals surface area contributed by atoms with E-state index in [0.29, 0.717) is 10.9 Å². The van der Waals surface area contributed by atoms with E-state index in [-0.39, 0.29) is 0 Å². The maximum Gasteiger partial charge on any atom is 0.181 e. The van der Waals surface area contributed by atoms with Crippen LogP contribution in [0, 0.1) is 0 Å². The number of phenolic OH excluding ortho intramolecular Hbond substituents is 1. The Hall–Kier alpha value is -1.29. The average Bonchev–Trinajstić information content (AvgIpc) is 2.45. The Morgan fingerprint density at radius 1 is 1.54 bits per heavy atom. The molecule has 68 valence electrons. The number of aryl methyl sites for hydroxylation is 1. The second kappa shape index (κ2) is 2.88. The van der Waals surface area contributed by atoms with Gasteiger partial charge < -0.3 is 10.8 Å². The van der Waals surface area contributed by atoms with Gasteiger partial charge in [0.2, 0.25) is 0 Å². The van der Waals surface area contributed by atoms with Crippen molar-refractivity contribution in [2.75, 3.05) is 5.73 Å². The van der Waals surface area contributed by atoms with Crippen molar-refractivity contribution >= 4 is 26.7 Å². The molecular formula is C9H10N2OS. The van der Waals surface area contributed by atoms with Gasteiger partial charge in [0.15, 0.2) is 5.13 Å². The largest absolute Gasteiger partial charge is 0.508 e. The van der Waals surface area contributed by atoms with Crippen molar-refractivity contribution in [1.82, 2.24) is 4.98 Å². The molecule has 4 heteroatoms.